The third kappa shape index (κ3) is 3.70. The van der Waals surface area contributed by atoms with Crippen molar-refractivity contribution in [2.75, 3.05) is 0 Å². The van der Waals surface area contributed by atoms with Crippen molar-refractivity contribution in [1.82, 2.24) is 9.55 Å². The molecule has 1 aliphatic carbocycles. The molecule has 0 fully saturated rings. The molecule has 0 N–H and O–H groups in total. The van der Waals surface area contributed by atoms with Crippen molar-refractivity contribution < 1.29 is 4.74 Å². The molecule has 0 radical (unpaired) electrons. The first-order chi connectivity index (χ1) is 16.3. The maximum Gasteiger partial charge on any atom is 0.137 e. The number of benzene rings is 3. The van der Waals surface area contributed by atoms with Crippen LogP contribution in [0.15, 0.2) is 103 Å². The lowest BCUT2D eigenvalue weighted by molar-refractivity contribution is 0.474. The molecule has 5 aromatic rings. The summed E-state index contributed by atoms with van der Waals surface area (Å²) in [5, 5.41) is 2.41. The van der Waals surface area contributed by atoms with Crippen molar-refractivity contribution in [3.8, 4) is 17.3 Å². The molecule has 2 unspecified atom stereocenters. The van der Waals surface area contributed by atoms with E-state index < -0.39 is 0 Å². The summed E-state index contributed by atoms with van der Waals surface area (Å²) >= 11 is 0. The van der Waals surface area contributed by atoms with Crippen LogP contribution < -0.4 is 4.74 Å². The molecular formula is C30H26N2O. The van der Waals surface area contributed by atoms with Gasteiger partial charge in [0.25, 0.3) is 0 Å². The Labute approximate surface area is 194 Å². The molecule has 0 saturated heterocycles. The van der Waals surface area contributed by atoms with Gasteiger partial charge in [0.05, 0.1) is 11.0 Å². The maximum absolute atomic E-state index is 6.37. The van der Waals surface area contributed by atoms with Gasteiger partial charge in [-0.2, -0.15) is 0 Å². The van der Waals surface area contributed by atoms with Crippen LogP contribution in [-0.2, 0) is 0 Å². The topological polar surface area (TPSA) is 27.1 Å². The molecule has 2 atom stereocenters. The molecule has 0 spiro atoms. The number of aromatic nitrogens is 2. The lowest BCUT2D eigenvalue weighted by atomic mass is 9.83. The van der Waals surface area contributed by atoms with Crippen molar-refractivity contribution in [2.24, 2.45) is 5.92 Å². The molecule has 3 aromatic carbocycles. The van der Waals surface area contributed by atoms with Crippen molar-refractivity contribution >= 4 is 21.8 Å². The summed E-state index contributed by atoms with van der Waals surface area (Å²) in [7, 11) is 0. The van der Waals surface area contributed by atoms with E-state index in [0.717, 1.165) is 34.3 Å². The van der Waals surface area contributed by atoms with E-state index >= 15 is 0 Å². The Morgan fingerprint density at radius 2 is 1.67 bits per heavy atom. The van der Waals surface area contributed by atoms with Crippen molar-refractivity contribution in [3.63, 3.8) is 0 Å². The Morgan fingerprint density at radius 3 is 2.55 bits per heavy atom. The summed E-state index contributed by atoms with van der Waals surface area (Å²) in [4.78, 5) is 4.62. The van der Waals surface area contributed by atoms with Gasteiger partial charge in [0.2, 0.25) is 0 Å². The van der Waals surface area contributed by atoms with Gasteiger partial charge in [0, 0.05) is 29.0 Å². The van der Waals surface area contributed by atoms with Crippen LogP contribution in [0, 0.1) is 5.92 Å². The van der Waals surface area contributed by atoms with Crippen LogP contribution in [0.4, 0.5) is 0 Å². The smallest absolute Gasteiger partial charge is 0.137 e. The van der Waals surface area contributed by atoms with Crippen molar-refractivity contribution in [2.45, 2.75) is 25.7 Å². The SMILES string of the molecule is CC1CC=CC(c2cccc(Oc3ccc4c5ccccc5n(-c5ccccn5)c4c3)c2)C1. The minimum absolute atomic E-state index is 0.464. The van der Waals surface area contributed by atoms with E-state index in [4.69, 9.17) is 4.74 Å². The number of hydrogen-bond donors (Lipinski definition) is 0. The van der Waals surface area contributed by atoms with Gasteiger partial charge in [-0.25, -0.2) is 4.98 Å². The number of hydrogen-bond acceptors (Lipinski definition) is 2. The number of fused-ring (bicyclic) bond motifs is 3. The van der Waals surface area contributed by atoms with E-state index in [0.29, 0.717) is 5.92 Å². The Balaban J connectivity index is 1.41. The summed E-state index contributed by atoms with van der Waals surface area (Å²) < 4.78 is 8.58. The molecule has 0 amide bonds. The standard InChI is InChI=1S/C30H26N2O/c1-21-8-6-9-22(18-21)23-10-7-11-24(19-23)33-25-15-16-27-26-12-2-3-13-28(26)32(29(27)20-25)30-14-4-5-17-31-30/h2-7,9-17,19-22H,8,18H2,1H3. The van der Waals surface area contributed by atoms with Crippen LogP contribution in [0.1, 0.15) is 31.2 Å². The van der Waals surface area contributed by atoms with Gasteiger partial charge in [-0.3, -0.25) is 4.57 Å². The first kappa shape index (κ1) is 19.8. The van der Waals surface area contributed by atoms with E-state index in [1.807, 2.05) is 30.5 Å². The zero-order valence-electron chi connectivity index (χ0n) is 18.7. The average Bonchev–Trinajstić information content (AvgIpc) is 3.18. The summed E-state index contributed by atoms with van der Waals surface area (Å²) in [6.45, 7) is 2.33. The summed E-state index contributed by atoms with van der Waals surface area (Å²) in [6, 6.07) is 29.4. The summed E-state index contributed by atoms with van der Waals surface area (Å²) in [5.41, 5.74) is 3.55. The Hall–Kier alpha value is -3.85. The first-order valence-corrected chi connectivity index (χ1v) is 11.7. The van der Waals surface area contributed by atoms with Crippen LogP contribution in [0.3, 0.4) is 0 Å². The molecule has 3 nitrogen and oxygen atoms in total. The van der Waals surface area contributed by atoms with Gasteiger partial charge in [0.1, 0.15) is 17.3 Å². The predicted molar refractivity (Wildman–Crippen MR) is 135 cm³/mol. The van der Waals surface area contributed by atoms with E-state index in [9.17, 15) is 0 Å². The van der Waals surface area contributed by atoms with E-state index in [-0.39, 0.29) is 0 Å². The molecular weight excluding hydrogens is 404 g/mol. The molecule has 2 heterocycles. The predicted octanol–water partition coefficient (Wildman–Crippen LogP) is 8.04. The van der Waals surface area contributed by atoms with Crippen LogP contribution in [0.25, 0.3) is 27.6 Å². The molecule has 162 valence electrons. The van der Waals surface area contributed by atoms with Gasteiger partial charge in [-0.05, 0) is 66.8 Å². The molecule has 2 aromatic heterocycles. The summed E-state index contributed by atoms with van der Waals surface area (Å²) in [5.74, 6) is 3.79. The zero-order chi connectivity index (χ0) is 22.2. The van der Waals surface area contributed by atoms with Crippen LogP contribution >= 0.6 is 0 Å². The number of allylic oxidation sites excluding steroid dienone is 2. The second kappa shape index (κ2) is 8.25. The normalized spacial score (nSPS) is 18.1. The number of rotatable bonds is 4. The molecule has 1 aliphatic rings. The van der Waals surface area contributed by atoms with E-state index in [1.165, 1.54) is 29.2 Å². The van der Waals surface area contributed by atoms with E-state index in [2.05, 4.69) is 89.3 Å². The number of para-hydroxylation sites is 1. The number of pyridine rings is 1. The Bertz CT molecular complexity index is 1470. The molecule has 33 heavy (non-hydrogen) atoms. The third-order valence-electron chi connectivity index (χ3n) is 6.61. The first-order valence-electron chi connectivity index (χ1n) is 11.7. The van der Waals surface area contributed by atoms with Gasteiger partial charge in [-0.1, -0.05) is 55.5 Å². The molecule has 6 rings (SSSR count). The number of ether oxygens (including phenoxy) is 1. The molecule has 0 bridgehead atoms. The van der Waals surface area contributed by atoms with Gasteiger partial charge in [0.15, 0.2) is 0 Å². The van der Waals surface area contributed by atoms with Crippen molar-refractivity contribution in [3.05, 3.63) is 109 Å². The highest BCUT2D eigenvalue weighted by atomic mass is 16.5. The Morgan fingerprint density at radius 1 is 0.818 bits per heavy atom. The fraction of sp³-hybridized carbons (Fsp3) is 0.167. The minimum atomic E-state index is 0.464. The lowest BCUT2D eigenvalue weighted by Gasteiger charge is -2.22. The number of nitrogens with zero attached hydrogens (tertiary/aromatic N) is 2. The second-order valence-electron chi connectivity index (χ2n) is 9.01. The van der Waals surface area contributed by atoms with Crippen LogP contribution in [0.2, 0.25) is 0 Å². The highest BCUT2D eigenvalue weighted by Gasteiger charge is 2.17. The molecule has 0 aliphatic heterocycles. The lowest BCUT2D eigenvalue weighted by Crippen LogP contribution is -2.07. The fourth-order valence-corrected chi connectivity index (χ4v) is 5.02. The molecule has 0 saturated carbocycles. The fourth-order valence-electron chi connectivity index (χ4n) is 5.02. The monoisotopic (exact) mass is 430 g/mol. The van der Waals surface area contributed by atoms with Gasteiger partial charge < -0.3 is 4.74 Å². The van der Waals surface area contributed by atoms with Crippen molar-refractivity contribution in [1.29, 1.82) is 0 Å². The Kier molecular flexibility index (Phi) is 4.95. The van der Waals surface area contributed by atoms with Crippen LogP contribution in [0.5, 0.6) is 11.5 Å². The largest absolute Gasteiger partial charge is 0.457 e. The average molecular weight is 431 g/mol. The highest BCUT2D eigenvalue weighted by molar-refractivity contribution is 6.09. The zero-order valence-corrected chi connectivity index (χ0v) is 18.7. The van der Waals surface area contributed by atoms with E-state index in [1.54, 1.807) is 0 Å². The quantitative estimate of drug-likeness (QED) is 0.270. The van der Waals surface area contributed by atoms with Gasteiger partial charge in [-0.15, -0.1) is 0 Å². The maximum atomic E-state index is 6.37. The third-order valence-corrected chi connectivity index (χ3v) is 6.61. The minimum Gasteiger partial charge on any atom is -0.457 e. The molecule has 3 heteroatoms. The van der Waals surface area contributed by atoms with Crippen LogP contribution in [-0.4, -0.2) is 9.55 Å². The second-order valence-corrected chi connectivity index (χ2v) is 9.01. The van der Waals surface area contributed by atoms with Gasteiger partial charge >= 0.3 is 0 Å². The summed E-state index contributed by atoms with van der Waals surface area (Å²) in [6.07, 6.45) is 8.86. The highest BCUT2D eigenvalue weighted by Crippen LogP contribution is 2.36.